The molecule has 0 radical (unpaired) electrons. The molecule has 31 heavy (non-hydrogen) atoms. The van der Waals surface area contributed by atoms with E-state index in [1.54, 1.807) is 29.4 Å². The van der Waals surface area contributed by atoms with Crippen molar-refractivity contribution < 1.29 is 9.90 Å². The van der Waals surface area contributed by atoms with Gasteiger partial charge in [0.1, 0.15) is 12.1 Å². The lowest BCUT2D eigenvalue weighted by atomic mass is 10.0. The summed E-state index contributed by atoms with van der Waals surface area (Å²) in [7, 11) is 0. The number of anilines is 1. The normalized spacial score (nSPS) is 11.0. The molecule has 0 saturated carbocycles. The lowest BCUT2D eigenvalue weighted by Gasteiger charge is -2.11. The maximum Gasteiger partial charge on any atom is 0.307 e. The monoisotopic (exact) mass is 449 g/mol. The number of rotatable bonds is 8. The van der Waals surface area contributed by atoms with Crippen molar-refractivity contribution in [1.82, 2.24) is 9.97 Å². The van der Waals surface area contributed by atoms with Gasteiger partial charge in [0.2, 0.25) is 0 Å². The molecule has 2 N–H and O–H groups in total. The highest BCUT2D eigenvalue weighted by molar-refractivity contribution is 7.98. The molecule has 5 nitrogen and oxygen atoms in total. The zero-order valence-electron chi connectivity index (χ0n) is 17.4. The van der Waals surface area contributed by atoms with Crippen LogP contribution in [0.4, 0.5) is 5.82 Å². The van der Waals surface area contributed by atoms with Crippen LogP contribution in [-0.2, 0) is 17.6 Å². The number of hydrogen-bond donors (Lipinski definition) is 2. The summed E-state index contributed by atoms with van der Waals surface area (Å²) < 4.78 is 1.33. The quantitative estimate of drug-likeness (QED) is 0.338. The molecule has 0 unspecified atom stereocenters. The minimum Gasteiger partial charge on any atom is -0.481 e. The summed E-state index contributed by atoms with van der Waals surface area (Å²) in [5, 5.41) is 15.9. The Morgan fingerprint density at radius 3 is 2.81 bits per heavy atom. The Balaban J connectivity index is 1.46. The molecule has 0 bridgehead atoms. The van der Waals surface area contributed by atoms with Crippen molar-refractivity contribution in [2.75, 3.05) is 18.1 Å². The molecule has 2 aromatic carbocycles. The Morgan fingerprint density at radius 2 is 2.00 bits per heavy atom. The number of nitrogens with one attached hydrogen (secondary N) is 1. The second-order valence-electron chi connectivity index (χ2n) is 7.30. The number of hydrogen-bond acceptors (Lipinski definition) is 6. The van der Waals surface area contributed by atoms with Crippen LogP contribution in [0.15, 0.2) is 59.1 Å². The number of thioether (sulfide) groups is 1. The molecular formula is C24H23N3O2S2. The molecule has 2 heterocycles. The van der Waals surface area contributed by atoms with Gasteiger partial charge in [-0.3, -0.25) is 4.79 Å². The number of aryl methyl sites for hydroxylation is 1. The zero-order chi connectivity index (χ0) is 21.8. The van der Waals surface area contributed by atoms with E-state index >= 15 is 0 Å². The first-order valence-electron chi connectivity index (χ1n) is 9.95. The molecule has 158 valence electrons. The van der Waals surface area contributed by atoms with Crippen molar-refractivity contribution in [2.45, 2.75) is 24.7 Å². The summed E-state index contributed by atoms with van der Waals surface area (Å²) in [4.78, 5) is 20.8. The Bertz CT molecular complexity index is 1240. The summed E-state index contributed by atoms with van der Waals surface area (Å²) in [6.07, 6.45) is 4.44. The van der Waals surface area contributed by atoms with E-state index in [1.807, 2.05) is 30.5 Å². The summed E-state index contributed by atoms with van der Waals surface area (Å²) in [6.45, 7) is 2.94. The maximum absolute atomic E-state index is 11.1. The Hall–Kier alpha value is -2.90. The highest BCUT2D eigenvalue weighted by atomic mass is 32.2. The number of fused-ring (bicyclic) bond motifs is 1. The fourth-order valence-electron chi connectivity index (χ4n) is 3.58. The fourth-order valence-corrected chi connectivity index (χ4v) is 5.09. The number of thiophene rings is 1. The van der Waals surface area contributed by atoms with Gasteiger partial charge in [0, 0.05) is 27.8 Å². The molecule has 0 atom stereocenters. The molecule has 0 fully saturated rings. The van der Waals surface area contributed by atoms with E-state index in [0.717, 1.165) is 40.5 Å². The van der Waals surface area contributed by atoms with Gasteiger partial charge in [-0.1, -0.05) is 12.1 Å². The third kappa shape index (κ3) is 5.06. The SMILES string of the molecule is CSc1cc(-c2cc(NCCc3cc4ccsc4cc3C)ncn2)ccc1CC(=O)O. The molecule has 7 heteroatoms. The van der Waals surface area contributed by atoms with Crippen molar-refractivity contribution in [3.8, 4) is 11.3 Å². The summed E-state index contributed by atoms with van der Waals surface area (Å²) >= 11 is 3.32. The first-order valence-corrected chi connectivity index (χ1v) is 12.1. The molecule has 4 aromatic rings. The standard InChI is InChI=1S/C24H23N3O2S2/c1-15-9-22-19(6-8-31-22)10-16(15)5-7-25-23-13-20(26-14-27-23)17-3-4-18(12-24(28)29)21(11-17)30-2/h3-4,6,8-11,13-14H,5,7,12H2,1-2H3,(H,28,29)(H,25,26,27). The molecular weight excluding hydrogens is 426 g/mol. The Labute approximate surface area is 189 Å². The zero-order valence-corrected chi connectivity index (χ0v) is 19.0. The average molecular weight is 450 g/mol. The summed E-state index contributed by atoms with van der Waals surface area (Å²) in [5.74, 6) is -0.0514. The Morgan fingerprint density at radius 1 is 1.13 bits per heavy atom. The van der Waals surface area contributed by atoms with Gasteiger partial charge in [0.25, 0.3) is 0 Å². The number of carboxylic acid groups (broad SMARTS) is 1. The largest absolute Gasteiger partial charge is 0.481 e. The van der Waals surface area contributed by atoms with Crippen molar-refractivity contribution in [1.29, 1.82) is 0 Å². The molecule has 0 spiro atoms. The average Bonchev–Trinajstić information content (AvgIpc) is 3.21. The van der Waals surface area contributed by atoms with Crippen LogP contribution in [-0.4, -0.2) is 33.8 Å². The van der Waals surface area contributed by atoms with E-state index in [-0.39, 0.29) is 6.42 Å². The number of aromatic nitrogens is 2. The number of nitrogens with zero attached hydrogens (tertiary/aromatic N) is 2. The lowest BCUT2D eigenvalue weighted by molar-refractivity contribution is -0.136. The van der Waals surface area contributed by atoms with Crippen molar-refractivity contribution in [2.24, 2.45) is 0 Å². The van der Waals surface area contributed by atoms with E-state index in [4.69, 9.17) is 5.11 Å². The van der Waals surface area contributed by atoms with Crippen molar-refractivity contribution in [3.63, 3.8) is 0 Å². The van der Waals surface area contributed by atoms with E-state index in [9.17, 15) is 4.79 Å². The molecule has 2 aromatic heterocycles. The van der Waals surface area contributed by atoms with E-state index in [2.05, 4.69) is 45.8 Å². The minimum absolute atomic E-state index is 0.0175. The van der Waals surface area contributed by atoms with Gasteiger partial charge in [0.15, 0.2) is 0 Å². The van der Waals surface area contributed by atoms with E-state index < -0.39 is 5.97 Å². The smallest absolute Gasteiger partial charge is 0.307 e. The van der Waals surface area contributed by atoms with Crippen LogP contribution in [0.25, 0.3) is 21.3 Å². The van der Waals surface area contributed by atoms with Crippen molar-refractivity contribution in [3.05, 3.63) is 70.9 Å². The molecule has 4 rings (SSSR count). The first-order chi connectivity index (χ1) is 15.0. The predicted octanol–water partition coefficient (Wildman–Crippen LogP) is 5.67. The van der Waals surface area contributed by atoms with Crippen LogP contribution in [0, 0.1) is 6.92 Å². The number of benzene rings is 2. The van der Waals surface area contributed by atoms with Gasteiger partial charge in [-0.05, 0) is 71.3 Å². The van der Waals surface area contributed by atoms with E-state index in [0.29, 0.717) is 0 Å². The van der Waals surface area contributed by atoms with Crippen LogP contribution in [0.3, 0.4) is 0 Å². The van der Waals surface area contributed by atoms with Crippen LogP contribution >= 0.6 is 23.1 Å². The highest BCUT2D eigenvalue weighted by Crippen LogP contribution is 2.28. The number of carboxylic acids is 1. The lowest BCUT2D eigenvalue weighted by Crippen LogP contribution is -2.07. The Kier molecular flexibility index (Phi) is 6.53. The minimum atomic E-state index is -0.829. The third-order valence-corrected chi connectivity index (χ3v) is 6.90. The third-order valence-electron chi connectivity index (χ3n) is 5.20. The topological polar surface area (TPSA) is 75.1 Å². The van der Waals surface area contributed by atoms with Gasteiger partial charge in [-0.15, -0.1) is 23.1 Å². The molecule has 0 aliphatic heterocycles. The van der Waals surface area contributed by atoms with Crippen LogP contribution in [0.2, 0.25) is 0 Å². The van der Waals surface area contributed by atoms with Crippen molar-refractivity contribution >= 4 is 45.0 Å². The second kappa shape index (κ2) is 9.49. The second-order valence-corrected chi connectivity index (χ2v) is 9.10. The highest BCUT2D eigenvalue weighted by Gasteiger charge is 2.10. The molecule has 0 aliphatic rings. The summed E-state index contributed by atoms with van der Waals surface area (Å²) in [6, 6.07) is 14.4. The molecule has 0 saturated heterocycles. The number of carbonyl (C=O) groups is 1. The van der Waals surface area contributed by atoms with Gasteiger partial charge < -0.3 is 10.4 Å². The van der Waals surface area contributed by atoms with Gasteiger partial charge >= 0.3 is 5.97 Å². The first kappa shape index (κ1) is 21.3. The fraction of sp³-hybridized carbons (Fsp3) is 0.208. The van der Waals surface area contributed by atoms with Gasteiger partial charge in [0.05, 0.1) is 12.1 Å². The van der Waals surface area contributed by atoms with Crippen LogP contribution in [0.1, 0.15) is 16.7 Å². The maximum atomic E-state index is 11.1. The van der Waals surface area contributed by atoms with Gasteiger partial charge in [-0.25, -0.2) is 9.97 Å². The molecule has 0 aliphatic carbocycles. The van der Waals surface area contributed by atoms with Crippen LogP contribution in [0.5, 0.6) is 0 Å². The summed E-state index contributed by atoms with van der Waals surface area (Å²) in [5.41, 5.74) is 5.22. The van der Waals surface area contributed by atoms with Gasteiger partial charge in [-0.2, -0.15) is 0 Å². The predicted molar refractivity (Wildman–Crippen MR) is 129 cm³/mol. The van der Waals surface area contributed by atoms with E-state index in [1.165, 1.54) is 21.2 Å². The molecule has 0 amide bonds. The number of aliphatic carboxylic acids is 1. The van der Waals surface area contributed by atoms with Crippen LogP contribution < -0.4 is 5.32 Å².